The number of hydrogen-bond donors (Lipinski definition) is 0. The molecule has 2 heteroatoms. The van der Waals surface area contributed by atoms with E-state index >= 15 is 0 Å². The molecular weight excluding hydrogens is 264 g/mol. The Kier molecular flexibility index (Phi) is 5.55. The largest absolute Gasteiger partial charge is 0.0622 e. The molecule has 0 fully saturated rings. The monoisotopic (exact) mass is 275 g/mol. The van der Waals surface area contributed by atoms with E-state index in [0.29, 0.717) is 0 Å². The predicted octanol–water partition coefficient (Wildman–Crippen LogP) is 2.31. The standard InChI is InChI=1S/C12H11P.Y/c1-3-7-11(8-4-1)13-12-9-5-2-6-10-12;/h1-10,13H;. The van der Waals surface area contributed by atoms with Crippen LogP contribution in [0.5, 0.6) is 0 Å². The topological polar surface area (TPSA) is 0 Å². The van der Waals surface area contributed by atoms with Crippen LogP contribution >= 0.6 is 8.58 Å². The first-order valence-corrected chi connectivity index (χ1v) is 5.32. The molecule has 2 aromatic rings. The van der Waals surface area contributed by atoms with Gasteiger partial charge in [-0.2, -0.15) is 0 Å². The van der Waals surface area contributed by atoms with Crippen molar-refractivity contribution in [1.29, 1.82) is 0 Å². The minimum absolute atomic E-state index is 0. The molecule has 0 atom stereocenters. The van der Waals surface area contributed by atoms with Crippen LogP contribution in [0.3, 0.4) is 0 Å². The normalized spacial score (nSPS) is 9.14. The zero-order valence-corrected chi connectivity index (χ0v) is 11.7. The minimum Gasteiger partial charge on any atom is -0.0622 e. The van der Waals surface area contributed by atoms with E-state index in [0.717, 1.165) is 8.58 Å². The van der Waals surface area contributed by atoms with E-state index in [1.807, 2.05) is 0 Å². The fourth-order valence-electron chi connectivity index (χ4n) is 1.21. The summed E-state index contributed by atoms with van der Waals surface area (Å²) in [5.41, 5.74) is 0. The van der Waals surface area contributed by atoms with Crippen molar-refractivity contribution >= 4 is 19.2 Å². The zero-order chi connectivity index (χ0) is 8.93. The van der Waals surface area contributed by atoms with Crippen LogP contribution in [0.1, 0.15) is 0 Å². The predicted molar refractivity (Wildman–Crippen MR) is 60.5 cm³/mol. The smallest absolute Gasteiger partial charge is 0 e. The molecule has 0 aliphatic carbocycles. The van der Waals surface area contributed by atoms with Crippen LogP contribution in [0.15, 0.2) is 60.7 Å². The second-order valence-corrected chi connectivity index (χ2v) is 4.26. The van der Waals surface area contributed by atoms with E-state index in [9.17, 15) is 0 Å². The van der Waals surface area contributed by atoms with Gasteiger partial charge in [-0.3, -0.25) is 0 Å². The van der Waals surface area contributed by atoms with Crippen LogP contribution in [0.4, 0.5) is 0 Å². The molecule has 0 spiro atoms. The maximum atomic E-state index is 2.17. The summed E-state index contributed by atoms with van der Waals surface area (Å²) in [6.07, 6.45) is 0. The molecule has 0 bridgehead atoms. The summed E-state index contributed by atoms with van der Waals surface area (Å²) in [6.45, 7) is 0. The summed E-state index contributed by atoms with van der Waals surface area (Å²) in [5.74, 6) is 0. The maximum absolute atomic E-state index is 2.17. The third-order valence-electron chi connectivity index (χ3n) is 1.84. The molecule has 0 saturated carbocycles. The van der Waals surface area contributed by atoms with Crippen molar-refractivity contribution in [3.63, 3.8) is 0 Å². The van der Waals surface area contributed by atoms with Crippen LogP contribution in [0.2, 0.25) is 0 Å². The molecule has 0 unspecified atom stereocenters. The molecule has 0 N–H and O–H groups in total. The zero-order valence-electron chi connectivity index (χ0n) is 7.85. The van der Waals surface area contributed by atoms with Crippen LogP contribution in [-0.2, 0) is 32.7 Å². The first-order chi connectivity index (χ1) is 6.45. The summed E-state index contributed by atoms with van der Waals surface area (Å²) in [6, 6.07) is 21.2. The van der Waals surface area contributed by atoms with E-state index in [1.165, 1.54) is 10.6 Å². The number of benzene rings is 2. The Labute approximate surface area is 112 Å². The summed E-state index contributed by atoms with van der Waals surface area (Å²) < 4.78 is 0. The van der Waals surface area contributed by atoms with Gasteiger partial charge in [0.1, 0.15) is 0 Å². The van der Waals surface area contributed by atoms with Crippen LogP contribution in [0, 0.1) is 0 Å². The van der Waals surface area contributed by atoms with Gasteiger partial charge in [-0.25, -0.2) is 0 Å². The summed E-state index contributed by atoms with van der Waals surface area (Å²) in [7, 11) is 0.777. The van der Waals surface area contributed by atoms with E-state index < -0.39 is 0 Å². The quantitative estimate of drug-likeness (QED) is 0.738. The number of hydrogen-bond acceptors (Lipinski definition) is 0. The Morgan fingerprint density at radius 3 is 1.29 bits per heavy atom. The maximum Gasteiger partial charge on any atom is 0 e. The Morgan fingerprint density at radius 2 is 0.929 bits per heavy atom. The molecule has 0 nitrogen and oxygen atoms in total. The molecular formula is C12H11PY. The second kappa shape index (κ2) is 6.46. The average molecular weight is 275 g/mol. The fraction of sp³-hybridized carbons (Fsp3) is 0. The molecule has 0 aromatic heterocycles. The molecule has 0 saturated heterocycles. The third kappa shape index (κ3) is 3.61. The molecule has 2 aromatic carbocycles. The van der Waals surface area contributed by atoms with Crippen molar-refractivity contribution in [2.75, 3.05) is 0 Å². The first kappa shape index (κ1) is 12.0. The summed E-state index contributed by atoms with van der Waals surface area (Å²) in [4.78, 5) is 0. The molecule has 0 amide bonds. The van der Waals surface area contributed by atoms with E-state index in [1.54, 1.807) is 0 Å². The fourth-order valence-corrected chi connectivity index (χ4v) is 2.26. The van der Waals surface area contributed by atoms with Gasteiger partial charge >= 0.3 is 0 Å². The molecule has 0 aliphatic rings. The van der Waals surface area contributed by atoms with Crippen LogP contribution in [0.25, 0.3) is 0 Å². The van der Waals surface area contributed by atoms with Gasteiger partial charge in [0.25, 0.3) is 0 Å². The Balaban J connectivity index is 0.000000980. The van der Waals surface area contributed by atoms with Gasteiger partial charge < -0.3 is 0 Å². The van der Waals surface area contributed by atoms with Gasteiger partial charge in [-0.1, -0.05) is 69.2 Å². The molecule has 0 heterocycles. The summed E-state index contributed by atoms with van der Waals surface area (Å²) >= 11 is 0. The van der Waals surface area contributed by atoms with E-state index in [-0.39, 0.29) is 32.7 Å². The first-order valence-electron chi connectivity index (χ1n) is 4.32. The van der Waals surface area contributed by atoms with E-state index in [4.69, 9.17) is 0 Å². The van der Waals surface area contributed by atoms with Crippen molar-refractivity contribution in [2.45, 2.75) is 0 Å². The Morgan fingerprint density at radius 1 is 0.571 bits per heavy atom. The van der Waals surface area contributed by atoms with Gasteiger partial charge in [0.05, 0.1) is 0 Å². The van der Waals surface area contributed by atoms with Crippen molar-refractivity contribution in [3.05, 3.63) is 60.7 Å². The van der Waals surface area contributed by atoms with Gasteiger partial charge in [0.15, 0.2) is 0 Å². The molecule has 1 radical (unpaired) electrons. The van der Waals surface area contributed by atoms with Crippen molar-refractivity contribution < 1.29 is 32.7 Å². The van der Waals surface area contributed by atoms with Gasteiger partial charge in [-0.15, -0.1) is 0 Å². The summed E-state index contributed by atoms with van der Waals surface area (Å²) in [5, 5.41) is 2.79. The average Bonchev–Trinajstić information content (AvgIpc) is 2.21. The van der Waals surface area contributed by atoms with Gasteiger partial charge in [0.2, 0.25) is 0 Å². The Bertz CT molecular complexity index is 321. The third-order valence-corrected chi connectivity index (χ3v) is 3.08. The molecule has 14 heavy (non-hydrogen) atoms. The molecule has 0 aliphatic heterocycles. The van der Waals surface area contributed by atoms with Gasteiger partial charge in [0, 0.05) is 32.7 Å². The number of rotatable bonds is 2. The van der Waals surface area contributed by atoms with Crippen LogP contribution in [-0.4, -0.2) is 0 Å². The van der Waals surface area contributed by atoms with Crippen molar-refractivity contribution in [1.82, 2.24) is 0 Å². The molecule has 67 valence electrons. The molecule has 2 rings (SSSR count). The van der Waals surface area contributed by atoms with Crippen molar-refractivity contribution in [2.24, 2.45) is 0 Å². The van der Waals surface area contributed by atoms with Crippen LogP contribution < -0.4 is 10.6 Å². The second-order valence-electron chi connectivity index (χ2n) is 2.86. The SMILES string of the molecule is [Y].c1ccc(Pc2ccccc2)cc1. The minimum atomic E-state index is 0. The van der Waals surface area contributed by atoms with Gasteiger partial charge in [-0.05, 0) is 10.6 Å². The van der Waals surface area contributed by atoms with Crippen molar-refractivity contribution in [3.8, 4) is 0 Å². The van der Waals surface area contributed by atoms with E-state index in [2.05, 4.69) is 60.7 Å². The Hall–Kier alpha value is -0.0261.